The van der Waals surface area contributed by atoms with Gasteiger partial charge in [-0.05, 0) is 30.3 Å². The van der Waals surface area contributed by atoms with E-state index in [0.29, 0.717) is 16.6 Å². The van der Waals surface area contributed by atoms with Crippen LogP contribution in [0.2, 0.25) is 5.02 Å². The summed E-state index contributed by atoms with van der Waals surface area (Å²) in [7, 11) is 1.96. The van der Waals surface area contributed by atoms with E-state index >= 15 is 0 Å². The number of halogens is 1. The third-order valence-corrected chi connectivity index (χ3v) is 3.22. The molecule has 0 aliphatic carbocycles. The van der Waals surface area contributed by atoms with Gasteiger partial charge in [0.15, 0.2) is 0 Å². The van der Waals surface area contributed by atoms with Gasteiger partial charge in [0.25, 0.3) is 0 Å². The van der Waals surface area contributed by atoms with Crippen molar-refractivity contribution in [2.24, 2.45) is 5.73 Å². The van der Waals surface area contributed by atoms with Gasteiger partial charge in [0, 0.05) is 29.5 Å². The van der Waals surface area contributed by atoms with E-state index in [9.17, 15) is 0 Å². The summed E-state index contributed by atoms with van der Waals surface area (Å²) in [5.74, 6) is 0. The molecule has 0 saturated heterocycles. The molecule has 19 heavy (non-hydrogen) atoms. The minimum Gasteiger partial charge on any atom is -0.389 e. The fourth-order valence-electron chi connectivity index (χ4n) is 1.85. The Morgan fingerprint density at radius 1 is 1.37 bits per heavy atom. The van der Waals surface area contributed by atoms with Gasteiger partial charge in [-0.15, -0.1) is 0 Å². The van der Waals surface area contributed by atoms with E-state index in [2.05, 4.69) is 4.98 Å². The molecule has 0 saturated carbocycles. The molecule has 0 radical (unpaired) electrons. The van der Waals surface area contributed by atoms with Crippen LogP contribution in [0.4, 0.5) is 5.69 Å². The summed E-state index contributed by atoms with van der Waals surface area (Å²) in [5.41, 5.74) is 8.44. The zero-order valence-electron chi connectivity index (χ0n) is 10.5. The predicted molar refractivity (Wildman–Crippen MR) is 83.7 cm³/mol. The molecule has 0 atom stereocenters. The molecule has 0 aliphatic heterocycles. The first-order valence-corrected chi connectivity index (χ1v) is 6.57. The standard InChI is InChI=1S/C14H14ClN3S/c1-18(9-11-4-2-3-7-17-11)13-8-10(15)5-6-12(13)14(16)19/h2-8H,9H2,1H3,(H2,16,19). The largest absolute Gasteiger partial charge is 0.389 e. The lowest BCUT2D eigenvalue weighted by Gasteiger charge is -2.22. The highest BCUT2D eigenvalue weighted by molar-refractivity contribution is 7.80. The van der Waals surface area contributed by atoms with Crippen molar-refractivity contribution in [1.29, 1.82) is 0 Å². The first-order chi connectivity index (χ1) is 9.08. The summed E-state index contributed by atoms with van der Waals surface area (Å²) >= 11 is 11.1. The molecule has 1 aromatic heterocycles. The Morgan fingerprint density at radius 3 is 2.79 bits per heavy atom. The molecule has 0 aliphatic rings. The highest BCUT2D eigenvalue weighted by Gasteiger charge is 2.11. The highest BCUT2D eigenvalue weighted by Crippen LogP contribution is 2.25. The Bertz CT molecular complexity index is 586. The Morgan fingerprint density at radius 2 is 2.16 bits per heavy atom. The molecule has 0 bridgehead atoms. The number of nitrogens with two attached hydrogens (primary N) is 1. The minimum atomic E-state index is 0.361. The number of hydrogen-bond acceptors (Lipinski definition) is 3. The van der Waals surface area contributed by atoms with Gasteiger partial charge in [-0.3, -0.25) is 4.98 Å². The molecule has 1 heterocycles. The molecule has 2 aromatic rings. The average Bonchev–Trinajstić information content (AvgIpc) is 2.39. The maximum absolute atomic E-state index is 6.04. The zero-order valence-corrected chi connectivity index (χ0v) is 12.1. The molecule has 98 valence electrons. The number of hydrogen-bond donors (Lipinski definition) is 1. The van der Waals surface area contributed by atoms with Crippen LogP contribution in [-0.2, 0) is 6.54 Å². The summed E-state index contributed by atoms with van der Waals surface area (Å²) in [4.78, 5) is 6.69. The van der Waals surface area contributed by atoms with Crippen molar-refractivity contribution in [2.75, 3.05) is 11.9 Å². The van der Waals surface area contributed by atoms with Crippen LogP contribution in [0.15, 0.2) is 42.6 Å². The molecule has 3 nitrogen and oxygen atoms in total. The SMILES string of the molecule is CN(Cc1ccccn1)c1cc(Cl)ccc1C(N)=S. The fourth-order valence-corrected chi connectivity index (χ4v) is 2.19. The Balaban J connectivity index is 2.30. The van der Waals surface area contributed by atoms with E-state index in [0.717, 1.165) is 16.9 Å². The Labute approximate surface area is 123 Å². The van der Waals surface area contributed by atoms with Crippen molar-refractivity contribution in [3.8, 4) is 0 Å². The molecule has 0 unspecified atom stereocenters. The van der Waals surface area contributed by atoms with Crippen LogP contribution in [0.5, 0.6) is 0 Å². The van der Waals surface area contributed by atoms with Gasteiger partial charge in [-0.25, -0.2) is 0 Å². The van der Waals surface area contributed by atoms with Gasteiger partial charge in [0.1, 0.15) is 4.99 Å². The van der Waals surface area contributed by atoms with Crippen LogP contribution in [0.1, 0.15) is 11.3 Å². The quantitative estimate of drug-likeness (QED) is 0.880. The molecular formula is C14H14ClN3S. The average molecular weight is 292 g/mol. The number of pyridine rings is 1. The molecule has 0 amide bonds. The highest BCUT2D eigenvalue weighted by atomic mass is 35.5. The maximum Gasteiger partial charge on any atom is 0.106 e. The van der Waals surface area contributed by atoms with Gasteiger partial charge in [-0.1, -0.05) is 29.9 Å². The number of aromatic nitrogens is 1. The van der Waals surface area contributed by atoms with Crippen LogP contribution in [0.3, 0.4) is 0 Å². The lowest BCUT2D eigenvalue weighted by atomic mass is 10.1. The number of anilines is 1. The van der Waals surface area contributed by atoms with Crippen LogP contribution in [0, 0.1) is 0 Å². The Hall–Kier alpha value is -1.65. The Kier molecular flexibility index (Phi) is 4.35. The van der Waals surface area contributed by atoms with Gasteiger partial charge in [-0.2, -0.15) is 0 Å². The third kappa shape index (κ3) is 3.43. The van der Waals surface area contributed by atoms with E-state index < -0.39 is 0 Å². The molecule has 2 N–H and O–H groups in total. The monoisotopic (exact) mass is 291 g/mol. The third-order valence-electron chi connectivity index (χ3n) is 2.76. The predicted octanol–water partition coefficient (Wildman–Crippen LogP) is 3.01. The van der Waals surface area contributed by atoms with Crippen molar-refractivity contribution in [2.45, 2.75) is 6.54 Å². The lowest BCUT2D eigenvalue weighted by Crippen LogP contribution is -2.22. The van der Waals surface area contributed by atoms with Crippen molar-refractivity contribution < 1.29 is 0 Å². The van der Waals surface area contributed by atoms with Crippen molar-refractivity contribution in [3.63, 3.8) is 0 Å². The maximum atomic E-state index is 6.04. The van der Waals surface area contributed by atoms with E-state index in [1.165, 1.54) is 0 Å². The zero-order chi connectivity index (χ0) is 13.8. The molecule has 0 spiro atoms. The topological polar surface area (TPSA) is 42.2 Å². The normalized spacial score (nSPS) is 10.2. The molecular weight excluding hydrogens is 278 g/mol. The number of rotatable bonds is 4. The lowest BCUT2D eigenvalue weighted by molar-refractivity contribution is 0.884. The molecule has 1 aromatic carbocycles. The number of benzene rings is 1. The fraction of sp³-hybridized carbons (Fsp3) is 0.143. The summed E-state index contributed by atoms with van der Waals surface area (Å²) < 4.78 is 0. The van der Waals surface area contributed by atoms with Crippen LogP contribution in [-0.4, -0.2) is 17.0 Å². The molecule has 0 fully saturated rings. The van der Waals surface area contributed by atoms with E-state index in [-0.39, 0.29) is 0 Å². The first kappa shape index (κ1) is 13.8. The summed E-state index contributed by atoms with van der Waals surface area (Å²) in [5, 5.41) is 0.655. The number of nitrogens with zero attached hydrogens (tertiary/aromatic N) is 2. The van der Waals surface area contributed by atoms with Crippen LogP contribution < -0.4 is 10.6 Å². The summed E-state index contributed by atoms with van der Waals surface area (Å²) in [6, 6.07) is 11.3. The summed E-state index contributed by atoms with van der Waals surface area (Å²) in [6.07, 6.45) is 1.77. The smallest absolute Gasteiger partial charge is 0.106 e. The van der Waals surface area contributed by atoms with Gasteiger partial charge >= 0.3 is 0 Å². The van der Waals surface area contributed by atoms with Crippen LogP contribution >= 0.6 is 23.8 Å². The van der Waals surface area contributed by atoms with E-state index in [1.54, 1.807) is 12.3 Å². The van der Waals surface area contributed by atoms with Crippen molar-refractivity contribution >= 4 is 34.5 Å². The molecule has 5 heteroatoms. The van der Waals surface area contributed by atoms with Gasteiger partial charge < -0.3 is 10.6 Å². The minimum absolute atomic E-state index is 0.361. The van der Waals surface area contributed by atoms with Crippen LogP contribution in [0.25, 0.3) is 0 Å². The summed E-state index contributed by atoms with van der Waals surface area (Å²) in [6.45, 7) is 0.663. The van der Waals surface area contributed by atoms with E-state index in [1.807, 2.05) is 42.3 Å². The van der Waals surface area contributed by atoms with E-state index in [4.69, 9.17) is 29.6 Å². The number of thiocarbonyl (C=S) groups is 1. The first-order valence-electron chi connectivity index (χ1n) is 5.78. The second-order valence-corrected chi connectivity index (χ2v) is 5.08. The second kappa shape index (κ2) is 5.99. The van der Waals surface area contributed by atoms with Crippen molar-refractivity contribution in [1.82, 2.24) is 4.98 Å². The van der Waals surface area contributed by atoms with Gasteiger partial charge in [0.2, 0.25) is 0 Å². The second-order valence-electron chi connectivity index (χ2n) is 4.20. The van der Waals surface area contributed by atoms with Crippen molar-refractivity contribution in [3.05, 3.63) is 58.9 Å². The van der Waals surface area contributed by atoms with Gasteiger partial charge in [0.05, 0.1) is 12.2 Å². The molecule has 2 rings (SSSR count).